The zero-order valence-corrected chi connectivity index (χ0v) is 10.3. The van der Waals surface area contributed by atoms with Crippen LogP contribution in [0.1, 0.15) is 18.2 Å². The highest BCUT2D eigenvalue weighted by molar-refractivity contribution is 5.59. The standard InChI is InChI=1S/C14H16N3O/c1-3-12(15)14-9-8-13(16-17-14)10-4-6-11(18-2)7-5-10/h4-9,12H,1,3,15H2,2H3. The van der Waals surface area contributed by atoms with Crippen molar-refractivity contribution in [3.05, 3.63) is 49.0 Å². The first-order valence-electron chi connectivity index (χ1n) is 5.77. The lowest BCUT2D eigenvalue weighted by molar-refractivity contribution is 0.415. The molecule has 0 saturated heterocycles. The van der Waals surface area contributed by atoms with Crippen molar-refractivity contribution in [3.8, 4) is 17.0 Å². The third-order valence-corrected chi connectivity index (χ3v) is 2.76. The number of aromatic nitrogens is 2. The van der Waals surface area contributed by atoms with Gasteiger partial charge in [0, 0.05) is 11.6 Å². The molecular weight excluding hydrogens is 226 g/mol. The fourth-order valence-corrected chi connectivity index (χ4v) is 1.60. The van der Waals surface area contributed by atoms with Crippen LogP contribution in [0.15, 0.2) is 36.4 Å². The average Bonchev–Trinajstić information content (AvgIpc) is 2.47. The summed E-state index contributed by atoms with van der Waals surface area (Å²) in [6.45, 7) is 3.75. The molecule has 2 rings (SSSR count). The number of nitrogens with zero attached hydrogens (tertiary/aromatic N) is 2. The minimum absolute atomic E-state index is 0.151. The monoisotopic (exact) mass is 242 g/mol. The normalized spacial score (nSPS) is 12.2. The maximum atomic E-state index is 5.84. The number of rotatable bonds is 4. The van der Waals surface area contributed by atoms with Crippen molar-refractivity contribution in [1.29, 1.82) is 0 Å². The zero-order chi connectivity index (χ0) is 13.0. The Bertz CT molecular complexity index is 493. The van der Waals surface area contributed by atoms with Gasteiger partial charge < -0.3 is 10.5 Å². The van der Waals surface area contributed by atoms with Crippen LogP contribution in [0, 0.1) is 6.92 Å². The van der Waals surface area contributed by atoms with Crippen molar-refractivity contribution in [2.45, 2.75) is 12.5 Å². The maximum Gasteiger partial charge on any atom is 0.118 e. The SMILES string of the molecule is [CH2]CC(N)c1ccc(-c2ccc(OC)cc2)nn1. The Kier molecular flexibility index (Phi) is 3.89. The van der Waals surface area contributed by atoms with E-state index in [2.05, 4.69) is 17.1 Å². The molecule has 0 fully saturated rings. The summed E-state index contributed by atoms with van der Waals surface area (Å²) in [4.78, 5) is 0. The molecule has 18 heavy (non-hydrogen) atoms. The number of ether oxygens (including phenoxy) is 1. The largest absolute Gasteiger partial charge is 0.497 e. The van der Waals surface area contributed by atoms with E-state index in [1.54, 1.807) is 7.11 Å². The Hall–Kier alpha value is -1.94. The number of benzene rings is 1. The van der Waals surface area contributed by atoms with Crippen LogP contribution >= 0.6 is 0 Å². The predicted octanol–water partition coefficient (Wildman–Crippen LogP) is 2.38. The van der Waals surface area contributed by atoms with E-state index in [0.717, 1.165) is 22.7 Å². The van der Waals surface area contributed by atoms with E-state index >= 15 is 0 Å². The quantitative estimate of drug-likeness (QED) is 0.894. The van der Waals surface area contributed by atoms with Crippen LogP contribution in [0.4, 0.5) is 0 Å². The molecule has 0 aliphatic rings. The molecular formula is C14H16N3O. The van der Waals surface area contributed by atoms with Gasteiger partial charge in [-0.3, -0.25) is 0 Å². The summed E-state index contributed by atoms with van der Waals surface area (Å²) in [5, 5.41) is 8.30. The van der Waals surface area contributed by atoms with Crippen molar-refractivity contribution in [1.82, 2.24) is 10.2 Å². The van der Waals surface area contributed by atoms with Crippen LogP contribution in [-0.4, -0.2) is 17.3 Å². The predicted molar refractivity (Wildman–Crippen MR) is 70.9 cm³/mol. The molecule has 93 valence electrons. The van der Waals surface area contributed by atoms with E-state index in [1.165, 1.54) is 0 Å². The summed E-state index contributed by atoms with van der Waals surface area (Å²) in [7, 11) is 1.64. The van der Waals surface area contributed by atoms with E-state index in [-0.39, 0.29) is 6.04 Å². The van der Waals surface area contributed by atoms with E-state index < -0.39 is 0 Å². The van der Waals surface area contributed by atoms with Crippen LogP contribution in [0.3, 0.4) is 0 Å². The lowest BCUT2D eigenvalue weighted by Crippen LogP contribution is -2.11. The van der Waals surface area contributed by atoms with Gasteiger partial charge in [-0.15, -0.1) is 0 Å². The Balaban J connectivity index is 2.22. The number of hydrogen-bond donors (Lipinski definition) is 1. The number of nitrogens with two attached hydrogens (primary N) is 1. The lowest BCUT2D eigenvalue weighted by atomic mass is 10.1. The molecule has 4 heteroatoms. The topological polar surface area (TPSA) is 61.0 Å². The fourth-order valence-electron chi connectivity index (χ4n) is 1.60. The molecule has 0 aliphatic carbocycles. The van der Waals surface area contributed by atoms with Gasteiger partial charge >= 0.3 is 0 Å². The maximum absolute atomic E-state index is 5.84. The van der Waals surface area contributed by atoms with Crippen molar-refractivity contribution in [3.63, 3.8) is 0 Å². The molecule has 4 nitrogen and oxygen atoms in total. The third kappa shape index (κ3) is 2.65. The number of hydrogen-bond acceptors (Lipinski definition) is 4. The highest BCUT2D eigenvalue weighted by Crippen LogP contribution is 2.20. The highest BCUT2D eigenvalue weighted by atomic mass is 16.5. The van der Waals surface area contributed by atoms with Gasteiger partial charge in [0.25, 0.3) is 0 Å². The summed E-state index contributed by atoms with van der Waals surface area (Å²) >= 11 is 0. The molecule has 1 heterocycles. The Morgan fingerprint density at radius 1 is 1.17 bits per heavy atom. The first-order chi connectivity index (χ1) is 8.74. The Labute approximate surface area is 107 Å². The second kappa shape index (κ2) is 5.60. The molecule has 0 amide bonds. The molecule has 1 aromatic heterocycles. The first kappa shape index (κ1) is 12.5. The van der Waals surface area contributed by atoms with E-state index in [4.69, 9.17) is 10.5 Å². The van der Waals surface area contributed by atoms with Gasteiger partial charge in [0.15, 0.2) is 0 Å². The molecule has 1 radical (unpaired) electrons. The van der Waals surface area contributed by atoms with Gasteiger partial charge in [0.2, 0.25) is 0 Å². The molecule has 1 unspecified atom stereocenters. The van der Waals surface area contributed by atoms with Crippen molar-refractivity contribution in [2.24, 2.45) is 5.73 Å². The minimum atomic E-state index is -0.151. The van der Waals surface area contributed by atoms with Crippen LogP contribution in [0.25, 0.3) is 11.3 Å². The van der Waals surface area contributed by atoms with Crippen LogP contribution in [0.2, 0.25) is 0 Å². The first-order valence-corrected chi connectivity index (χ1v) is 5.77. The summed E-state index contributed by atoms with van der Waals surface area (Å²) in [6, 6.07) is 11.3. The smallest absolute Gasteiger partial charge is 0.118 e. The molecule has 1 aromatic carbocycles. The second-order valence-corrected chi connectivity index (χ2v) is 3.97. The molecule has 0 saturated carbocycles. The zero-order valence-electron chi connectivity index (χ0n) is 10.3. The summed E-state index contributed by atoms with van der Waals surface area (Å²) in [6.07, 6.45) is 0.608. The molecule has 2 N–H and O–H groups in total. The molecule has 2 aromatic rings. The molecule has 0 bridgehead atoms. The summed E-state index contributed by atoms with van der Waals surface area (Å²) in [5.41, 5.74) is 8.42. The molecule has 0 spiro atoms. The van der Waals surface area contributed by atoms with Gasteiger partial charge in [0.1, 0.15) is 5.75 Å². The lowest BCUT2D eigenvalue weighted by Gasteiger charge is -2.07. The third-order valence-electron chi connectivity index (χ3n) is 2.76. The molecule has 0 aliphatic heterocycles. The number of methoxy groups -OCH3 is 1. The summed E-state index contributed by atoms with van der Waals surface area (Å²) < 4.78 is 5.11. The van der Waals surface area contributed by atoms with Crippen molar-refractivity contribution >= 4 is 0 Å². The Morgan fingerprint density at radius 2 is 1.89 bits per heavy atom. The fraction of sp³-hybridized carbons (Fsp3) is 0.214. The van der Waals surface area contributed by atoms with Gasteiger partial charge in [-0.2, -0.15) is 10.2 Å². The highest BCUT2D eigenvalue weighted by Gasteiger charge is 2.06. The van der Waals surface area contributed by atoms with Crippen LogP contribution in [-0.2, 0) is 0 Å². The summed E-state index contributed by atoms with van der Waals surface area (Å²) in [5.74, 6) is 0.822. The van der Waals surface area contributed by atoms with Gasteiger partial charge in [-0.05, 0) is 42.8 Å². The van der Waals surface area contributed by atoms with Gasteiger partial charge in [-0.1, -0.05) is 6.92 Å². The van der Waals surface area contributed by atoms with Crippen LogP contribution < -0.4 is 10.5 Å². The molecule has 1 atom stereocenters. The van der Waals surface area contributed by atoms with Crippen LogP contribution in [0.5, 0.6) is 5.75 Å². The average molecular weight is 242 g/mol. The minimum Gasteiger partial charge on any atom is -0.497 e. The van der Waals surface area contributed by atoms with Crippen molar-refractivity contribution in [2.75, 3.05) is 7.11 Å². The van der Waals surface area contributed by atoms with Crippen molar-refractivity contribution < 1.29 is 4.74 Å². The van der Waals surface area contributed by atoms with Gasteiger partial charge in [-0.25, -0.2) is 0 Å². The van der Waals surface area contributed by atoms with E-state index in [9.17, 15) is 0 Å². The van der Waals surface area contributed by atoms with E-state index in [0.29, 0.717) is 6.42 Å². The second-order valence-electron chi connectivity index (χ2n) is 3.97. The Morgan fingerprint density at radius 3 is 2.39 bits per heavy atom. The van der Waals surface area contributed by atoms with Gasteiger partial charge in [0.05, 0.1) is 18.5 Å². The van der Waals surface area contributed by atoms with E-state index in [1.807, 2.05) is 36.4 Å².